The van der Waals surface area contributed by atoms with Crippen LogP contribution in [-0.2, 0) is 4.74 Å². The molecule has 0 aliphatic carbocycles. The highest BCUT2D eigenvalue weighted by molar-refractivity contribution is 6.34. The van der Waals surface area contributed by atoms with E-state index >= 15 is 0 Å². The van der Waals surface area contributed by atoms with Crippen molar-refractivity contribution in [3.8, 4) is 0 Å². The van der Waals surface area contributed by atoms with Gasteiger partial charge in [0.2, 0.25) is 0 Å². The van der Waals surface area contributed by atoms with E-state index in [9.17, 15) is 5.11 Å². The Labute approximate surface area is 117 Å². The van der Waals surface area contributed by atoms with E-state index < -0.39 is 6.10 Å². The van der Waals surface area contributed by atoms with Crippen LogP contribution in [0, 0.1) is 0 Å². The summed E-state index contributed by atoms with van der Waals surface area (Å²) in [5, 5.41) is 14.5. The average Bonchev–Trinajstić information content (AvgIpc) is 2.36. The molecule has 0 spiro atoms. The lowest BCUT2D eigenvalue weighted by molar-refractivity contribution is 0.0724. The molecule has 1 aliphatic rings. The Kier molecular flexibility index (Phi) is 5.27. The van der Waals surface area contributed by atoms with Gasteiger partial charge in [0, 0.05) is 35.8 Å². The third-order valence-electron chi connectivity index (χ3n) is 3.09. The van der Waals surface area contributed by atoms with E-state index in [1.165, 1.54) is 0 Å². The first-order valence-electron chi connectivity index (χ1n) is 6.10. The van der Waals surface area contributed by atoms with Crippen LogP contribution in [0.3, 0.4) is 0 Å². The highest BCUT2D eigenvalue weighted by Gasteiger charge is 2.15. The molecule has 1 saturated heterocycles. The molecule has 1 aliphatic heterocycles. The van der Waals surface area contributed by atoms with E-state index in [4.69, 9.17) is 27.9 Å². The molecule has 1 unspecified atom stereocenters. The molecule has 0 bridgehead atoms. The maximum absolute atomic E-state index is 10.1. The summed E-state index contributed by atoms with van der Waals surface area (Å²) in [5.74, 6) is 0. The zero-order chi connectivity index (χ0) is 13.0. The van der Waals surface area contributed by atoms with E-state index in [0.29, 0.717) is 22.6 Å². The zero-order valence-electron chi connectivity index (χ0n) is 10.0. The number of halogens is 2. The van der Waals surface area contributed by atoms with Crippen molar-refractivity contribution in [2.45, 2.75) is 25.0 Å². The third-order valence-corrected chi connectivity index (χ3v) is 3.53. The van der Waals surface area contributed by atoms with Crippen LogP contribution in [0.5, 0.6) is 0 Å². The maximum atomic E-state index is 10.1. The van der Waals surface area contributed by atoms with Crippen LogP contribution in [0.25, 0.3) is 0 Å². The van der Waals surface area contributed by atoms with E-state index in [1.54, 1.807) is 18.2 Å². The molecular formula is C13H17Cl2NO2. The first kappa shape index (κ1) is 14.1. The quantitative estimate of drug-likeness (QED) is 0.896. The standard InChI is InChI=1S/C13H17Cl2NO2/c14-10-5-9(6-11(15)7-10)13(17)8-16-12-1-3-18-4-2-12/h5-7,12-13,16-17H,1-4,8H2. The second kappa shape index (κ2) is 6.73. The van der Waals surface area contributed by atoms with Gasteiger partial charge in [-0.1, -0.05) is 23.2 Å². The van der Waals surface area contributed by atoms with E-state index in [2.05, 4.69) is 5.32 Å². The lowest BCUT2D eigenvalue weighted by atomic mass is 10.1. The zero-order valence-corrected chi connectivity index (χ0v) is 11.5. The van der Waals surface area contributed by atoms with Crippen LogP contribution in [0.4, 0.5) is 0 Å². The molecule has 1 heterocycles. The number of rotatable bonds is 4. The molecule has 0 radical (unpaired) electrons. The van der Waals surface area contributed by atoms with Gasteiger partial charge >= 0.3 is 0 Å². The number of hydrogen-bond donors (Lipinski definition) is 2. The van der Waals surface area contributed by atoms with Crippen molar-refractivity contribution < 1.29 is 9.84 Å². The highest BCUT2D eigenvalue weighted by Crippen LogP contribution is 2.23. The second-order valence-electron chi connectivity index (χ2n) is 4.51. The molecule has 1 aromatic carbocycles. The smallest absolute Gasteiger partial charge is 0.0915 e. The van der Waals surface area contributed by atoms with Crippen LogP contribution in [0.2, 0.25) is 10.0 Å². The number of hydrogen-bond acceptors (Lipinski definition) is 3. The number of ether oxygens (including phenoxy) is 1. The van der Waals surface area contributed by atoms with Crippen molar-refractivity contribution in [3.05, 3.63) is 33.8 Å². The van der Waals surface area contributed by atoms with Gasteiger partial charge in [0.05, 0.1) is 6.10 Å². The van der Waals surface area contributed by atoms with Crippen molar-refractivity contribution in [2.75, 3.05) is 19.8 Å². The Balaban J connectivity index is 1.88. The molecule has 5 heteroatoms. The molecule has 100 valence electrons. The normalized spacial score (nSPS) is 18.8. The molecule has 2 N–H and O–H groups in total. The molecule has 0 amide bonds. The Hall–Kier alpha value is -0.320. The number of aliphatic hydroxyl groups excluding tert-OH is 1. The summed E-state index contributed by atoms with van der Waals surface area (Å²) >= 11 is 11.8. The Bertz CT molecular complexity index is 374. The topological polar surface area (TPSA) is 41.5 Å². The first-order valence-corrected chi connectivity index (χ1v) is 6.86. The van der Waals surface area contributed by atoms with Gasteiger partial charge in [0.25, 0.3) is 0 Å². The van der Waals surface area contributed by atoms with Gasteiger partial charge in [-0.3, -0.25) is 0 Å². The summed E-state index contributed by atoms with van der Waals surface area (Å²) in [6.45, 7) is 2.08. The van der Waals surface area contributed by atoms with Gasteiger partial charge in [-0.2, -0.15) is 0 Å². The average molecular weight is 290 g/mol. The summed E-state index contributed by atoms with van der Waals surface area (Å²) in [4.78, 5) is 0. The largest absolute Gasteiger partial charge is 0.387 e. The molecule has 1 aromatic rings. The van der Waals surface area contributed by atoms with Crippen molar-refractivity contribution >= 4 is 23.2 Å². The molecular weight excluding hydrogens is 273 g/mol. The predicted octanol–water partition coefficient (Wildman–Crippen LogP) is 2.80. The SMILES string of the molecule is OC(CNC1CCOCC1)c1cc(Cl)cc(Cl)c1. The molecule has 3 nitrogen and oxygen atoms in total. The monoisotopic (exact) mass is 289 g/mol. The highest BCUT2D eigenvalue weighted by atomic mass is 35.5. The van der Waals surface area contributed by atoms with Crippen molar-refractivity contribution in [3.63, 3.8) is 0 Å². The maximum Gasteiger partial charge on any atom is 0.0915 e. The van der Waals surface area contributed by atoms with Gasteiger partial charge in [-0.05, 0) is 36.6 Å². The lowest BCUT2D eigenvalue weighted by Crippen LogP contribution is -2.37. The lowest BCUT2D eigenvalue weighted by Gasteiger charge is -2.24. The summed E-state index contributed by atoms with van der Waals surface area (Å²) in [7, 11) is 0. The number of nitrogens with one attached hydrogen (secondary N) is 1. The molecule has 2 rings (SSSR count). The van der Waals surface area contributed by atoms with E-state index in [-0.39, 0.29) is 0 Å². The summed E-state index contributed by atoms with van der Waals surface area (Å²) in [6.07, 6.45) is 1.38. The fourth-order valence-corrected chi connectivity index (χ4v) is 2.61. The Morgan fingerprint density at radius 3 is 2.44 bits per heavy atom. The van der Waals surface area contributed by atoms with E-state index in [0.717, 1.165) is 31.6 Å². The van der Waals surface area contributed by atoms with Gasteiger partial charge in [0.1, 0.15) is 0 Å². The molecule has 0 aromatic heterocycles. The predicted molar refractivity (Wildman–Crippen MR) is 73.3 cm³/mol. The van der Waals surface area contributed by atoms with Gasteiger partial charge in [-0.15, -0.1) is 0 Å². The minimum Gasteiger partial charge on any atom is -0.387 e. The van der Waals surface area contributed by atoms with Crippen LogP contribution in [0.15, 0.2) is 18.2 Å². The summed E-state index contributed by atoms with van der Waals surface area (Å²) in [6, 6.07) is 5.56. The molecule has 1 atom stereocenters. The fourth-order valence-electron chi connectivity index (χ4n) is 2.07. The summed E-state index contributed by atoms with van der Waals surface area (Å²) in [5.41, 5.74) is 0.743. The number of benzene rings is 1. The van der Waals surface area contributed by atoms with Crippen LogP contribution in [0.1, 0.15) is 24.5 Å². The van der Waals surface area contributed by atoms with Gasteiger partial charge in [-0.25, -0.2) is 0 Å². The Morgan fingerprint density at radius 1 is 1.22 bits per heavy atom. The van der Waals surface area contributed by atoms with Crippen molar-refractivity contribution in [2.24, 2.45) is 0 Å². The third kappa shape index (κ3) is 4.11. The van der Waals surface area contributed by atoms with E-state index in [1.807, 2.05) is 0 Å². The van der Waals surface area contributed by atoms with Crippen molar-refractivity contribution in [1.82, 2.24) is 5.32 Å². The molecule has 0 saturated carbocycles. The van der Waals surface area contributed by atoms with Crippen molar-refractivity contribution in [1.29, 1.82) is 0 Å². The minimum absolute atomic E-state index is 0.419. The van der Waals surface area contributed by atoms with Crippen LogP contribution >= 0.6 is 23.2 Å². The van der Waals surface area contributed by atoms with Gasteiger partial charge < -0.3 is 15.2 Å². The van der Waals surface area contributed by atoms with Crippen LogP contribution in [-0.4, -0.2) is 30.9 Å². The van der Waals surface area contributed by atoms with Crippen LogP contribution < -0.4 is 5.32 Å². The van der Waals surface area contributed by atoms with Gasteiger partial charge in [0.15, 0.2) is 0 Å². The second-order valence-corrected chi connectivity index (χ2v) is 5.39. The minimum atomic E-state index is -0.593. The fraction of sp³-hybridized carbons (Fsp3) is 0.538. The number of aliphatic hydroxyl groups is 1. The summed E-state index contributed by atoms with van der Waals surface area (Å²) < 4.78 is 5.29. The molecule has 18 heavy (non-hydrogen) atoms. The molecule has 1 fully saturated rings. The Morgan fingerprint density at radius 2 is 1.83 bits per heavy atom. The first-order chi connectivity index (χ1) is 8.65.